The third-order valence-corrected chi connectivity index (χ3v) is 3.12. The highest BCUT2D eigenvalue weighted by Crippen LogP contribution is 2.26. The monoisotopic (exact) mass is 350 g/mol. The number of hydrogen-bond acceptors (Lipinski definition) is 3. The zero-order chi connectivity index (χ0) is 13.7. The van der Waals surface area contributed by atoms with Gasteiger partial charge in [0.15, 0.2) is 6.10 Å². The van der Waals surface area contributed by atoms with Crippen molar-refractivity contribution >= 4 is 34.2 Å². The fraction of sp³-hybridized carbons (Fsp3) is 0.462. The molecule has 0 spiro atoms. The van der Waals surface area contributed by atoms with Crippen LogP contribution in [-0.2, 0) is 4.79 Å². The first-order valence-electron chi connectivity index (χ1n) is 5.87. The largest absolute Gasteiger partial charge is 0.480 e. The molecule has 0 fully saturated rings. The van der Waals surface area contributed by atoms with Gasteiger partial charge in [0.2, 0.25) is 0 Å². The lowest BCUT2D eigenvalue weighted by Gasteiger charge is -2.18. The van der Waals surface area contributed by atoms with E-state index in [2.05, 4.69) is 21.2 Å². The molecule has 0 radical (unpaired) electrons. The third-order valence-electron chi connectivity index (χ3n) is 2.50. The molecule has 19 heavy (non-hydrogen) atoms. The zero-order valence-corrected chi connectivity index (χ0v) is 13.7. The SMILES string of the molecule is Cc1ccc(OC(C)C(=O)N[C@@H](C)CN)c(Br)c1.Cl. The number of halogens is 2. The van der Waals surface area contributed by atoms with Crippen LogP contribution in [0, 0.1) is 6.92 Å². The van der Waals surface area contributed by atoms with Crippen molar-refractivity contribution in [2.45, 2.75) is 32.9 Å². The van der Waals surface area contributed by atoms with Crippen LogP contribution in [0.4, 0.5) is 0 Å². The average Bonchev–Trinajstić information content (AvgIpc) is 2.32. The second kappa shape index (κ2) is 8.40. The number of amides is 1. The van der Waals surface area contributed by atoms with E-state index in [-0.39, 0.29) is 24.4 Å². The Labute approximate surface area is 128 Å². The molecule has 0 saturated carbocycles. The quantitative estimate of drug-likeness (QED) is 0.856. The molecule has 0 heterocycles. The van der Waals surface area contributed by atoms with E-state index < -0.39 is 6.10 Å². The van der Waals surface area contributed by atoms with Crippen molar-refractivity contribution < 1.29 is 9.53 Å². The molecule has 0 aliphatic heterocycles. The van der Waals surface area contributed by atoms with Crippen LogP contribution in [0.2, 0.25) is 0 Å². The molecule has 2 atom stereocenters. The Kier molecular flexibility index (Phi) is 8.06. The standard InChI is InChI=1S/C13H19BrN2O2.ClH/c1-8-4-5-12(11(14)6-8)18-10(3)13(17)16-9(2)7-15;/h4-6,9-10H,7,15H2,1-3H3,(H,16,17);1H/t9-,10?;/m0./s1. The van der Waals surface area contributed by atoms with Gasteiger partial charge in [-0.1, -0.05) is 6.07 Å². The molecule has 1 amide bonds. The molecule has 1 aromatic rings. The maximum absolute atomic E-state index is 11.8. The number of nitrogens with one attached hydrogen (secondary N) is 1. The maximum atomic E-state index is 11.8. The van der Waals surface area contributed by atoms with E-state index in [0.717, 1.165) is 10.0 Å². The van der Waals surface area contributed by atoms with E-state index in [4.69, 9.17) is 10.5 Å². The molecular weight excluding hydrogens is 332 g/mol. The average molecular weight is 352 g/mol. The van der Waals surface area contributed by atoms with Crippen molar-refractivity contribution in [2.24, 2.45) is 5.73 Å². The summed E-state index contributed by atoms with van der Waals surface area (Å²) in [5.74, 6) is 0.490. The predicted molar refractivity (Wildman–Crippen MR) is 82.9 cm³/mol. The van der Waals surface area contributed by atoms with E-state index in [9.17, 15) is 4.79 Å². The van der Waals surface area contributed by atoms with Gasteiger partial charge in [-0.3, -0.25) is 4.79 Å². The Bertz CT molecular complexity index is 429. The molecule has 3 N–H and O–H groups in total. The van der Waals surface area contributed by atoms with E-state index in [0.29, 0.717) is 12.3 Å². The van der Waals surface area contributed by atoms with Crippen LogP contribution in [0.3, 0.4) is 0 Å². The fourth-order valence-electron chi connectivity index (χ4n) is 1.36. The molecule has 6 heteroatoms. The maximum Gasteiger partial charge on any atom is 0.261 e. The number of carbonyl (C=O) groups is 1. The molecule has 1 aromatic carbocycles. The highest BCUT2D eigenvalue weighted by atomic mass is 79.9. The summed E-state index contributed by atoms with van der Waals surface area (Å²) in [5, 5.41) is 2.78. The lowest BCUT2D eigenvalue weighted by atomic mass is 10.2. The zero-order valence-electron chi connectivity index (χ0n) is 11.3. The molecule has 1 rings (SSSR count). The highest BCUT2D eigenvalue weighted by Gasteiger charge is 2.17. The van der Waals surface area contributed by atoms with Crippen molar-refractivity contribution in [1.29, 1.82) is 0 Å². The third kappa shape index (κ3) is 5.80. The molecule has 0 aliphatic rings. The summed E-state index contributed by atoms with van der Waals surface area (Å²) in [5.41, 5.74) is 6.58. The number of ether oxygens (including phenoxy) is 1. The van der Waals surface area contributed by atoms with Gasteiger partial charge in [-0.2, -0.15) is 0 Å². The van der Waals surface area contributed by atoms with Gasteiger partial charge in [-0.15, -0.1) is 12.4 Å². The van der Waals surface area contributed by atoms with Gasteiger partial charge < -0.3 is 15.8 Å². The first-order valence-corrected chi connectivity index (χ1v) is 6.66. The first kappa shape index (κ1) is 18.2. The van der Waals surface area contributed by atoms with Gasteiger partial charge in [0.1, 0.15) is 5.75 Å². The smallest absolute Gasteiger partial charge is 0.261 e. The molecule has 108 valence electrons. The summed E-state index contributed by atoms with van der Waals surface area (Å²) in [6, 6.07) is 5.68. The predicted octanol–water partition coefficient (Wildman–Crippen LogP) is 2.41. The van der Waals surface area contributed by atoms with Gasteiger partial charge in [0, 0.05) is 12.6 Å². The summed E-state index contributed by atoms with van der Waals surface area (Å²) < 4.78 is 6.45. The lowest BCUT2D eigenvalue weighted by Crippen LogP contribution is -2.44. The van der Waals surface area contributed by atoms with Crippen LogP contribution >= 0.6 is 28.3 Å². The summed E-state index contributed by atoms with van der Waals surface area (Å²) in [4.78, 5) is 11.8. The molecule has 1 unspecified atom stereocenters. The number of nitrogens with two attached hydrogens (primary N) is 1. The Morgan fingerprint density at radius 2 is 2.11 bits per heavy atom. The number of hydrogen-bond donors (Lipinski definition) is 2. The van der Waals surface area contributed by atoms with Crippen molar-refractivity contribution in [3.63, 3.8) is 0 Å². The second-order valence-corrected chi connectivity index (χ2v) is 5.19. The van der Waals surface area contributed by atoms with Crippen molar-refractivity contribution in [3.8, 4) is 5.75 Å². The van der Waals surface area contributed by atoms with E-state index >= 15 is 0 Å². The lowest BCUT2D eigenvalue weighted by molar-refractivity contribution is -0.127. The Morgan fingerprint density at radius 1 is 1.47 bits per heavy atom. The molecule has 0 aromatic heterocycles. The minimum Gasteiger partial charge on any atom is -0.480 e. The van der Waals surface area contributed by atoms with E-state index in [1.807, 2.05) is 32.0 Å². The molecule has 4 nitrogen and oxygen atoms in total. The first-order chi connectivity index (χ1) is 8.43. The minimum atomic E-state index is -0.557. The van der Waals surface area contributed by atoms with Gasteiger partial charge in [-0.05, 0) is 54.4 Å². The van der Waals surface area contributed by atoms with Gasteiger partial charge in [-0.25, -0.2) is 0 Å². The second-order valence-electron chi connectivity index (χ2n) is 4.34. The van der Waals surface area contributed by atoms with E-state index in [1.54, 1.807) is 6.92 Å². The van der Waals surface area contributed by atoms with Crippen molar-refractivity contribution in [3.05, 3.63) is 28.2 Å². The van der Waals surface area contributed by atoms with Crippen LogP contribution in [0.1, 0.15) is 19.4 Å². The Morgan fingerprint density at radius 3 is 2.63 bits per heavy atom. The summed E-state index contributed by atoms with van der Waals surface area (Å²) in [7, 11) is 0. The number of benzene rings is 1. The Balaban J connectivity index is 0.00000324. The van der Waals surface area contributed by atoms with Crippen LogP contribution in [0.5, 0.6) is 5.75 Å². The van der Waals surface area contributed by atoms with Crippen molar-refractivity contribution in [1.82, 2.24) is 5.32 Å². The van der Waals surface area contributed by atoms with E-state index in [1.165, 1.54) is 0 Å². The molecule has 0 saturated heterocycles. The van der Waals surface area contributed by atoms with Crippen molar-refractivity contribution in [2.75, 3.05) is 6.54 Å². The number of carbonyl (C=O) groups excluding carboxylic acids is 1. The summed E-state index contributed by atoms with van der Waals surface area (Å²) in [6.07, 6.45) is -0.557. The highest BCUT2D eigenvalue weighted by molar-refractivity contribution is 9.10. The van der Waals surface area contributed by atoms with Gasteiger partial charge in [0.05, 0.1) is 4.47 Å². The van der Waals surface area contributed by atoms with Crippen LogP contribution < -0.4 is 15.8 Å². The number of rotatable bonds is 5. The summed E-state index contributed by atoms with van der Waals surface area (Å²) in [6.45, 7) is 5.97. The minimum absolute atomic E-state index is 0. The van der Waals surface area contributed by atoms with Crippen LogP contribution in [0.15, 0.2) is 22.7 Å². The van der Waals surface area contributed by atoms with Crippen LogP contribution in [0.25, 0.3) is 0 Å². The molecular formula is C13H20BrClN2O2. The Hall–Kier alpha value is -0.780. The normalized spacial score (nSPS) is 13.1. The van der Waals surface area contributed by atoms with Gasteiger partial charge in [0.25, 0.3) is 5.91 Å². The number of aryl methyl sites for hydroxylation is 1. The van der Waals surface area contributed by atoms with Gasteiger partial charge >= 0.3 is 0 Å². The van der Waals surface area contributed by atoms with Crippen LogP contribution in [-0.4, -0.2) is 24.6 Å². The summed E-state index contributed by atoms with van der Waals surface area (Å²) >= 11 is 3.41. The fourth-order valence-corrected chi connectivity index (χ4v) is 1.95. The molecule has 0 bridgehead atoms. The molecule has 0 aliphatic carbocycles. The topological polar surface area (TPSA) is 64.3 Å².